The molecule has 0 atom stereocenters. The van der Waals surface area contributed by atoms with Crippen LogP contribution in [0.15, 0.2) is 18.2 Å². The number of ketones is 1. The van der Waals surface area contributed by atoms with Crippen molar-refractivity contribution < 1.29 is 18.7 Å². The van der Waals surface area contributed by atoms with Gasteiger partial charge in [0, 0.05) is 5.39 Å². The van der Waals surface area contributed by atoms with Gasteiger partial charge in [-0.25, -0.2) is 9.37 Å². The number of ether oxygens (including phenoxy) is 1. The number of carbonyl (C=O) groups excluding carboxylic acids is 2. The topological polar surface area (TPSA) is 56.3 Å². The fourth-order valence-corrected chi connectivity index (χ4v) is 2.19. The number of carbonyl (C=O) groups is 2. The lowest BCUT2D eigenvalue weighted by Gasteiger charge is -2.06. The van der Waals surface area contributed by atoms with Crippen molar-refractivity contribution >= 4 is 45.9 Å². The summed E-state index contributed by atoms with van der Waals surface area (Å²) in [6, 6.07) is 3.85. The van der Waals surface area contributed by atoms with Crippen LogP contribution in [0.4, 0.5) is 4.39 Å². The molecule has 0 aliphatic rings. The van der Waals surface area contributed by atoms with Gasteiger partial charge >= 0.3 is 5.97 Å². The number of halogens is 3. The minimum absolute atomic E-state index is 0.0407. The number of aromatic nitrogens is 1. The minimum atomic E-state index is -0.652. The van der Waals surface area contributed by atoms with Crippen molar-refractivity contribution in [2.75, 3.05) is 6.61 Å². The summed E-state index contributed by atoms with van der Waals surface area (Å²) in [5.41, 5.74) is 0.401. The molecule has 2 aromatic rings. The van der Waals surface area contributed by atoms with Crippen LogP contribution in [0.3, 0.4) is 0 Å². The van der Waals surface area contributed by atoms with Crippen LogP contribution < -0.4 is 0 Å². The number of nitrogens with zero attached hydrogens (tertiary/aromatic N) is 1. The van der Waals surface area contributed by atoms with Gasteiger partial charge in [-0.1, -0.05) is 23.2 Å². The Labute approximate surface area is 129 Å². The molecule has 0 saturated carbocycles. The molecule has 0 fully saturated rings. The number of fused-ring (bicyclic) bond motifs is 1. The van der Waals surface area contributed by atoms with Crippen LogP contribution in [0.25, 0.3) is 10.9 Å². The zero-order chi connectivity index (χ0) is 15.6. The molecule has 0 bridgehead atoms. The molecule has 1 heterocycles. The number of benzene rings is 1. The van der Waals surface area contributed by atoms with Gasteiger partial charge in [-0.05, 0) is 25.1 Å². The van der Waals surface area contributed by atoms with Gasteiger partial charge in [-0.15, -0.1) is 0 Å². The van der Waals surface area contributed by atoms with E-state index in [0.717, 1.165) is 6.07 Å². The number of Topliss-reactive ketones (excluding diaryl/α,β-unsaturated/α-hetero) is 1. The van der Waals surface area contributed by atoms with Crippen LogP contribution >= 0.6 is 23.2 Å². The molecular formula is C14H10Cl2FNO3. The smallest absolute Gasteiger partial charge is 0.313 e. The van der Waals surface area contributed by atoms with Crippen LogP contribution in [0.2, 0.25) is 10.2 Å². The van der Waals surface area contributed by atoms with E-state index in [-0.39, 0.29) is 22.3 Å². The second kappa shape index (κ2) is 6.37. The number of pyridine rings is 1. The summed E-state index contributed by atoms with van der Waals surface area (Å²) < 4.78 is 18.1. The summed E-state index contributed by atoms with van der Waals surface area (Å²) in [5, 5.41) is 0.213. The average molecular weight is 330 g/mol. The summed E-state index contributed by atoms with van der Waals surface area (Å²) in [6.07, 6.45) is -0.448. The van der Waals surface area contributed by atoms with Gasteiger partial charge in [0.1, 0.15) is 17.4 Å². The third-order valence-electron chi connectivity index (χ3n) is 2.72. The Kier molecular flexibility index (Phi) is 4.75. The van der Waals surface area contributed by atoms with Crippen LogP contribution in [0.1, 0.15) is 23.7 Å². The van der Waals surface area contributed by atoms with E-state index in [4.69, 9.17) is 27.9 Å². The van der Waals surface area contributed by atoms with Gasteiger partial charge in [-0.2, -0.15) is 0 Å². The summed E-state index contributed by atoms with van der Waals surface area (Å²) in [4.78, 5) is 27.3. The summed E-state index contributed by atoms with van der Waals surface area (Å²) in [5.74, 6) is -1.82. The standard InChI is InChI=1S/C14H10Cl2FNO3/c1-2-21-13(20)6-12(19)8-3-7-4-10(17)9(15)5-11(7)18-14(8)16/h3-5H,2,6H2,1H3. The molecule has 0 aliphatic carbocycles. The Bertz CT molecular complexity index is 734. The van der Waals surface area contributed by atoms with Gasteiger partial charge in [0.15, 0.2) is 5.78 Å². The summed E-state index contributed by atoms with van der Waals surface area (Å²) in [6.45, 7) is 1.82. The molecule has 2 rings (SSSR count). The first-order valence-corrected chi connectivity index (χ1v) is 6.82. The van der Waals surface area contributed by atoms with Crippen molar-refractivity contribution in [3.63, 3.8) is 0 Å². The first kappa shape index (κ1) is 15.7. The van der Waals surface area contributed by atoms with Gasteiger partial charge in [0.25, 0.3) is 0 Å². The SMILES string of the molecule is CCOC(=O)CC(=O)c1cc2cc(F)c(Cl)cc2nc1Cl. The third-order valence-corrected chi connectivity index (χ3v) is 3.30. The molecule has 0 radical (unpaired) electrons. The average Bonchev–Trinajstić information content (AvgIpc) is 2.40. The fraction of sp³-hybridized carbons (Fsp3) is 0.214. The van der Waals surface area contributed by atoms with Crippen molar-refractivity contribution in [2.45, 2.75) is 13.3 Å². The quantitative estimate of drug-likeness (QED) is 0.370. The van der Waals surface area contributed by atoms with E-state index in [1.54, 1.807) is 6.92 Å². The van der Waals surface area contributed by atoms with Gasteiger partial charge in [0.2, 0.25) is 0 Å². The molecule has 4 nitrogen and oxygen atoms in total. The fourth-order valence-electron chi connectivity index (χ4n) is 1.78. The molecule has 21 heavy (non-hydrogen) atoms. The highest BCUT2D eigenvalue weighted by Crippen LogP contribution is 2.26. The lowest BCUT2D eigenvalue weighted by Crippen LogP contribution is -2.12. The van der Waals surface area contributed by atoms with Gasteiger partial charge in [-0.3, -0.25) is 9.59 Å². The molecule has 0 aliphatic heterocycles. The molecule has 0 amide bonds. The second-order valence-corrected chi connectivity index (χ2v) is 4.96. The Morgan fingerprint density at radius 2 is 2.00 bits per heavy atom. The first-order valence-electron chi connectivity index (χ1n) is 6.06. The third kappa shape index (κ3) is 3.49. The number of rotatable bonds is 4. The van der Waals surface area contributed by atoms with E-state index >= 15 is 0 Å². The molecule has 110 valence electrons. The van der Waals surface area contributed by atoms with Crippen molar-refractivity contribution in [3.8, 4) is 0 Å². The zero-order valence-corrected chi connectivity index (χ0v) is 12.5. The first-order chi connectivity index (χ1) is 9.92. The number of hydrogen-bond acceptors (Lipinski definition) is 4. The van der Waals surface area contributed by atoms with Crippen LogP contribution in [-0.2, 0) is 9.53 Å². The van der Waals surface area contributed by atoms with Crippen molar-refractivity contribution in [1.29, 1.82) is 0 Å². The predicted molar refractivity (Wildman–Crippen MR) is 77.3 cm³/mol. The lowest BCUT2D eigenvalue weighted by molar-refractivity contribution is -0.141. The maximum atomic E-state index is 13.4. The lowest BCUT2D eigenvalue weighted by atomic mass is 10.1. The molecule has 1 aromatic carbocycles. The van der Waals surface area contributed by atoms with E-state index in [2.05, 4.69) is 4.98 Å². The maximum Gasteiger partial charge on any atom is 0.313 e. The van der Waals surface area contributed by atoms with Crippen LogP contribution in [0, 0.1) is 5.82 Å². The maximum absolute atomic E-state index is 13.4. The van der Waals surface area contributed by atoms with E-state index in [1.807, 2.05) is 0 Å². The van der Waals surface area contributed by atoms with E-state index < -0.39 is 24.0 Å². The molecular weight excluding hydrogens is 320 g/mol. The highest BCUT2D eigenvalue weighted by atomic mass is 35.5. The molecule has 0 spiro atoms. The van der Waals surface area contributed by atoms with Crippen molar-refractivity contribution in [2.24, 2.45) is 0 Å². The largest absolute Gasteiger partial charge is 0.466 e. The summed E-state index contributed by atoms with van der Waals surface area (Å²) in [7, 11) is 0. The second-order valence-electron chi connectivity index (χ2n) is 4.19. The molecule has 0 N–H and O–H groups in total. The molecule has 7 heteroatoms. The highest BCUT2D eigenvalue weighted by Gasteiger charge is 2.18. The highest BCUT2D eigenvalue weighted by molar-refractivity contribution is 6.34. The van der Waals surface area contributed by atoms with E-state index in [0.29, 0.717) is 10.9 Å². The normalized spacial score (nSPS) is 10.7. The molecule has 0 saturated heterocycles. The van der Waals surface area contributed by atoms with Gasteiger partial charge in [0.05, 0.1) is 22.7 Å². The molecule has 0 unspecified atom stereocenters. The minimum Gasteiger partial charge on any atom is -0.466 e. The Morgan fingerprint density at radius 1 is 1.29 bits per heavy atom. The van der Waals surface area contributed by atoms with Gasteiger partial charge < -0.3 is 4.74 Å². The zero-order valence-electron chi connectivity index (χ0n) is 11.0. The van der Waals surface area contributed by atoms with E-state index in [1.165, 1.54) is 12.1 Å². The van der Waals surface area contributed by atoms with Crippen LogP contribution in [0.5, 0.6) is 0 Å². The summed E-state index contributed by atoms with van der Waals surface area (Å²) >= 11 is 11.6. The van der Waals surface area contributed by atoms with E-state index in [9.17, 15) is 14.0 Å². The number of hydrogen-bond donors (Lipinski definition) is 0. The monoisotopic (exact) mass is 329 g/mol. The van der Waals surface area contributed by atoms with Crippen molar-refractivity contribution in [3.05, 3.63) is 39.8 Å². The van der Waals surface area contributed by atoms with Crippen molar-refractivity contribution in [1.82, 2.24) is 4.98 Å². The number of esters is 1. The predicted octanol–water partition coefficient (Wildman–Crippen LogP) is 3.82. The molecule has 1 aromatic heterocycles. The van der Waals surface area contributed by atoms with Crippen LogP contribution in [-0.4, -0.2) is 23.3 Å². The Hall–Kier alpha value is -1.72. The Balaban J connectivity index is 2.40. The Morgan fingerprint density at radius 3 is 2.67 bits per heavy atom.